The second kappa shape index (κ2) is 7.59. The van der Waals surface area contributed by atoms with Crippen LogP contribution >= 0.6 is 11.6 Å². The lowest BCUT2D eigenvalue weighted by Gasteiger charge is -2.26. The molecule has 0 spiro atoms. The zero-order chi connectivity index (χ0) is 20.7. The molecule has 0 bridgehead atoms. The summed E-state index contributed by atoms with van der Waals surface area (Å²) in [4.78, 5) is 7.93. The van der Waals surface area contributed by atoms with Crippen molar-refractivity contribution in [2.75, 3.05) is 0 Å². The number of aromatic nitrogens is 2. The fourth-order valence-electron chi connectivity index (χ4n) is 3.44. The van der Waals surface area contributed by atoms with Gasteiger partial charge in [0.25, 0.3) is 0 Å². The Kier molecular flexibility index (Phi) is 5.12. The van der Waals surface area contributed by atoms with Gasteiger partial charge in [-0.2, -0.15) is 13.8 Å². The van der Waals surface area contributed by atoms with E-state index in [2.05, 4.69) is 9.97 Å². The highest BCUT2D eigenvalue weighted by Crippen LogP contribution is 2.39. The van der Waals surface area contributed by atoms with Gasteiger partial charge < -0.3 is 4.74 Å². The van der Waals surface area contributed by atoms with Crippen molar-refractivity contribution in [3.63, 3.8) is 0 Å². The van der Waals surface area contributed by atoms with E-state index in [1.165, 1.54) is 6.07 Å². The molecule has 0 N–H and O–H groups in total. The molecule has 1 heterocycles. The number of rotatable bonds is 3. The minimum atomic E-state index is -1.70. The first-order valence-corrected chi connectivity index (χ1v) is 9.03. The molecule has 0 saturated heterocycles. The maximum absolute atomic E-state index is 14.2. The number of halogens is 6. The molecule has 0 amide bonds. The standard InChI is InChI=1S/C20H12ClF5N2O/c21-20-27-15-6-5-9(10-3-1-2-4-12(10)22)7-11(15)19(28-20)29-18-16(25)13(23)8-14(24)17(18)26/h1-4,8-9H,5-7H2. The van der Waals surface area contributed by atoms with Crippen molar-refractivity contribution in [1.82, 2.24) is 9.97 Å². The monoisotopic (exact) mass is 426 g/mol. The van der Waals surface area contributed by atoms with Gasteiger partial charge in [-0.05, 0) is 48.4 Å². The van der Waals surface area contributed by atoms with E-state index in [1.807, 2.05) is 0 Å². The molecule has 1 unspecified atom stereocenters. The third kappa shape index (κ3) is 3.64. The van der Waals surface area contributed by atoms with Gasteiger partial charge in [0.15, 0.2) is 11.6 Å². The summed E-state index contributed by atoms with van der Waals surface area (Å²) in [5.41, 5.74) is 1.27. The second-order valence-corrected chi connectivity index (χ2v) is 6.92. The lowest BCUT2D eigenvalue weighted by atomic mass is 9.82. The zero-order valence-electron chi connectivity index (χ0n) is 14.7. The molecule has 1 aliphatic carbocycles. The van der Waals surface area contributed by atoms with Crippen LogP contribution in [0.1, 0.15) is 29.2 Å². The number of aryl methyl sites for hydroxylation is 1. The molecule has 9 heteroatoms. The van der Waals surface area contributed by atoms with Crippen LogP contribution in [-0.2, 0) is 12.8 Å². The van der Waals surface area contributed by atoms with Crippen molar-refractivity contribution in [2.24, 2.45) is 0 Å². The smallest absolute Gasteiger partial charge is 0.227 e. The highest BCUT2D eigenvalue weighted by Gasteiger charge is 2.29. The molecule has 2 aromatic carbocycles. The lowest BCUT2D eigenvalue weighted by Crippen LogP contribution is -2.17. The summed E-state index contributed by atoms with van der Waals surface area (Å²) in [5, 5.41) is -0.249. The van der Waals surface area contributed by atoms with E-state index in [1.54, 1.807) is 18.2 Å². The molecule has 0 saturated carbocycles. The number of hydrogen-bond acceptors (Lipinski definition) is 3. The summed E-state index contributed by atoms with van der Waals surface area (Å²) in [6, 6.07) is 6.32. The van der Waals surface area contributed by atoms with Crippen LogP contribution in [0.5, 0.6) is 11.6 Å². The molecule has 0 fully saturated rings. The molecule has 1 aromatic heterocycles. The summed E-state index contributed by atoms with van der Waals surface area (Å²) >= 11 is 5.87. The fourth-order valence-corrected chi connectivity index (χ4v) is 3.62. The summed E-state index contributed by atoms with van der Waals surface area (Å²) in [6.45, 7) is 0. The van der Waals surface area contributed by atoms with Gasteiger partial charge in [0.05, 0.1) is 5.69 Å². The number of benzene rings is 2. The Labute approximate surface area is 167 Å². The van der Waals surface area contributed by atoms with Crippen LogP contribution < -0.4 is 4.74 Å². The summed E-state index contributed by atoms with van der Waals surface area (Å²) in [5.74, 6) is -8.88. The fraction of sp³-hybridized carbons (Fsp3) is 0.200. The van der Waals surface area contributed by atoms with Gasteiger partial charge in [0.2, 0.25) is 28.5 Å². The first-order chi connectivity index (χ1) is 13.8. The Morgan fingerprint density at radius 3 is 2.31 bits per heavy atom. The molecule has 0 aliphatic heterocycles. The van der Waals surface area contributed by atoms with Crippen LogP contribution in [0.25, 0.3) is 0 Å². The van der Waals surface area contributed by atoms with Crippen LogP contribution in [0.2, 0.25) is 5.28 Å². The second-order valence-electron chi connectivity index (χ2n) is 6.58. The molecule has 150 valence electrons. The average molecular weight is 427 g/mol. The molecule has 0 radical (unpaired) electrons. The highest BCUT2D eigenvalue weighted by molar-refractivity contribution is 6.28. The van der Waals surface area contributed by atoms with E-state index >= 15 is 0 Å². The maximum Gasteiger partial charge on any atom is 0.227 e. The predicted molar refractivity (Wildman–Crippen MR) is 94.6 cm³/mol. The Hall–Kier alpha value is -2.74. The summed E-state index contributed by atoms with van der Waals surface area (Å²) < 4.78 is 74.4. The van der Waals surface area contributed by atoms with Gasteiger partial charge in [-0.3, -0.25) is 0 Å². The molecule has 3 aromatic rings. The van der Waals surface area contributed by atoms with Crippen molar-refractivity contribution in [3.05, 3.63) is 81.5 Å². The predicted octanol–water partition coefficient (Wildman–Crippen LogP) is 5.89. The van der Waals surface area contributed by atoms with Crippen LogP contribution in [0.4, 0.5) is 22.0 Å². The largest absolute Gasteiger partial charge is 0.432 e. The third-order valence-electron chi connectivity index (χ3n) is 4.82. The lowest BCUT2D eigenvalue weighted by molar-refractivity contribution is 0.352. The number of hydrogen-bond donors (Lipinski definition) is 0. The van der Waals surface area contributed by atoms with Gasteiger partial charge in [-0.25, -0.2) is 18.2 Å². The van der Waals surface area contributed by atoms with Crippen LogP contribution in [0.3, 0.4) is 0 Å². The van der Waals surface area contributed by atoms with Crippen molar-refractivity contribution in [2.45, 2.75) is 25.2 Å². The number of nitrogens with zero attached hydrogens (tertiary/aromatic N) is 2. The van der Waals surface area contributed by atoms with Crippen molar-refractivity contribution >= 4 is 11.6 Å². The van der Waals surface area contributed by atoms with Crippen molar-refractivity contribution in [3.8, 4) is 11.6 Å². The summed E-state index contributed by atoms with van der Waals surface area (Å²) in [7, 11) is 0. The highest BCUT2D eigenvalue weighted by atomic mass is 35.5. The van der Waals surface area contributed by atoms with Crippen LogP contribution in [0, 0.1) is 29.1 Å². The van der Waals surface area contributed by atoms with Crippen molar-refractivity contribution in [1.29, 1.82) is 0 Å². The average Bonchev–Trinajstić information content (AvgIpc) is 2.69. The Balaban J connectivity index is 1.76. The molecular formula is C20H12ClF5N2O. The number of ether oxygens (including phenoxy) is 1. The SMILES string of the molecule is Fc1ccccc1C1CCc2nc(Cl)nc(Oc3c(F)c(F)cc(F)c3F)c2C1. The van der Waals surface area contributed by atoms with E-state index in [4.69, 9.17) is 16.3 Å². The summed E-state index contributed by atoms with van der Waals surface area (Å²) in [6.07, 6.45) is 1.14. The van der Waals surface area contributed by atoms with Gasteiger partial charge in [-0.1, -0.05) is 18.2 Å². The Morgan fingerprint density at radius 1 is 0.931 bits per heavy atom. The normalized spacial score (nSPS) is 15.9. The first-order valence-electron chi connectivity index (χ1n) is 8.65. The van der Waals surface area contributed by atoms with E-state index in [0.717, 1.165) is 0 Å². The number of fused-ring (bicyclic) bond motifs is 1. The van der Waals surface area contributed by atoms with Crippen LogP contribution in [-0.4, -0.2) is 9.97 Å². The van der Waals surface area contributed by atoms with Gasteiger partial charge in [-0.15, -0.1) is 0 Å². The van der Waals surface area contributed by atoms with E-state index in [0.29, 0.717) is 29.7 Å². The quantitative estimate of drug-likeness (QED) is 0.297. The van der Waals surface area contributed by atoms with Crippen molar-refractivity contribution < 1.29 is 26.7 Å². The van der Waals surface area contributed by atoms with Gasteiger partial charge in [0, 0.05) is 11.6 Å². The first kappa shape index (κ1) is 19.6. The van der Waals surface area contributed by atoms with Gasteiger partial charge in [0.1, 0.15) is 5.82 Å². The Morgan fingerprint density at radius 2 is 1.62 bits per heavy atom. The van der Waals surface area contributed by atoms with E-state index in [9.17, 15) is 22.0 Å². The zero-order valence-corrected chi connectivity index (χ0v) is 15.4. The molecular weight excluding hydrogens is 415 g/mol. The third-order valence-corrected chi connectivity index (χ3v) is 4.99. The molecule has 1 aliphatic rings. The molecule has 1 atom stereocenters. The van der Waals surface area contributed by atoms with E-state index < -0.39 is 29.0 Å². The minimum Gasteiger partial charge on any atom is -0.432 e. The molecule has 29 heavy (non-hydrogen) atoms. The maximum atomic E-state index is 14.2. The Bertz CT molecular complexity index is 1080. The minimum absolute atomic E-state index is 0.0775. The van der Waals surface area contributed by atoms with E-state index in [-0.39, 0.29) is 35.4 Å². The topological polar surface area (TPSA) is 35.0 Å². The molecule has 3 nitrogen and oxygen atoms in total. The van der Waals surface area contributed by atoms with Crippen LogP contribution in [0.15, 0.2) is 30.3 Å². The van der Waals surface area contributed by atoms with Gasteiger partial charge >= 0.3 is 0 Å². The molecule has 4 rings (SSSR count).